The number of primary amides is 1. The van der Waals surface area contributed by atoms with E-state index in [1.54, 1.807) is 30.5 Å². The number of nitrogens with two attached hydrogens (primary N) is 1. The van der Waals surface area contributed by atoms with Crippen LogP contribution in [0.5, 0.6) is 0 Å². The van der Waals surface area contributed by atoms with Crippen LogP contribution in [0.3, 0.4) is 0 Å². The zero-order valence-electron chi connectivity index (χ0n) is 13.7. The maximum absolute atomic E-state index is 11.3. The number of aromatic nitrogens is 2. The normalized spacial score (nSPS) is 10.0. The Morgan fingerprint density at radius 1 is 1.29 bits per heavy atom. The van der Waals surface area contributed by atoms with Crippen LogP contribution < -0.4 is 16.0 Å². The maximum Gasteiger partial charge on any atom is 0.248 e. The van der Waals surface area contributed by atoms with E-state index < -0.39 is 5.91 Å². The molecule has 0 atom stereocenters. The highest BCUT2D eigenvalue weighted by atomic mass is 16.1. The predicted octanol–water partition coefficient (Wildman–Crippen LogP) is 2.81. The molecule has 0 radical (unpaired) electrons. The van der Waals surface area contributed by atoms with Crippen LogP contribution >= 0.6 is 0 Å². The summed E-state index contributed by atoms with van der Waals surface area (Å²) in [7, 11) is 0. The molecule has 0 saturated carbocycles. The molecule has 24 heavy (non-hydrogen) atoms. The summed E-state index contributed by atoms with van der Waals surface area (Å²) in [6.07, 6.45) is 5.29. The minimum Gasteiger partial charge on any atom is -0.366 e. The fraction of sp³-hybridized carbons (Fsp3) is 0.167. The van der Waals surface area contributed by atoms with E-state index in [-0.39, 0.29) is 0 Å². The Morgan fingerprint density at radius 3 is 2.62 bits per heavy atom. The van der Waals surface area contributed by atoms with Gasteiger partial charge >= 0.3 is 0 Å². The number of aryl methyl sites for hydroxylation is 1. The number of amides is 1. The Bertz CT molecular complexity index is 747. The zero-order chi connectivity index (χ0) is 17.5. The number of carbonyl (C=O) groups excluding carboxylic acids is 1. The molecule has 6 nitrogen and oxygen atoms in total. The Kier molecular flexibility index (Phi) is 5.68. The van der Waals surface area contributed by atoms with Crippen molar-refractivity contribution in [3.8, 4) is 0 Å². The van der Waals surface area contributed by atoms with Gasteiger partial charge in [-0.15, -0.1) is 13.2 Å². The van der Waals surface area contributed by atoms with Crippen molar-refractivity contribution in [1.82, 2.24) is 9.97 Å². The van der Waals surface area contributed by atoms with Gasteiger partial charge in [0.25, 0.3) is 0 Å². The quantitative estimate of drug-likeness (QED) is 0.730. The molecule has 1 aromatic carbocycles. The second-order valence-corrected chi connectivity index (χ2v) is 5.24. The summed E-state index contributed by atoms with van der Waals surface area (Å²) in [5, 5.41) is 3.14. The van der Waals surface area contributed by atoms with Gasteiger partial charge in [0, 0.05) is 30.5 Å². The Morgan fingerprint density at radius 2 is 2.00 bits per heavy atom. The summed E-state index contributed by atoms with van der Waals surface area (Å²) in [6, 6.07) is 7.04. The van der Waals surface area contributed by atoms with E-state index in [1.165, 1.54) is 0 Å². The first kappa shape index (κ1) is 17.2. The van der Waals surface area contributed by atoms with Crippen molar-refractivity contribution in [2.45, 2.75) is 6.92 Å². The third-order valence-corrected chi connectivity index (χ3v) is 3.43. The summed E-state index contributed by atoms with van der Waals surface area (Å²) >= 11 is 0. The van der Waals surface area contributed by atoms with E-state index in [1.807, 2.05) is 24.0 Å². The van der Waals surface area contributed by atoms with Crippen LogP contribution in [0.1, 0.15) is 15.9 Å². The van der Waals surface area contributed by atoms with Gasteiger partial charge in [-0.2, -0.15) is 4.98 Å². The molecule has 0 saturated heterocycles. The van der Waals surface area contributed by atoms with Gasteiger partial charge in [0.2, 0.25) is 11.9 Å². The lowest BCUT2D eigenvalue weighted by molar-refractivity contribution is 0.100. The minimum absolute atomic E-state index is 0.430. The van der Waals surface area contributed by atoms with Crippen molar-refractivity contribution in [2.75, 3.05) is 23.3 Å². The molecule has 0 aliphatic heterocycles. The lowest BCUT2D eigenvalue weighted by Gasteiger charge is -2.20. The van der Waals surface area contributed by atoms with Crippen LogP contribution in [0, 0.1) is 6.92 Å². The molecule has 2 aromatic rings. The first-order valence-corrected chi connectivity index (χ1v) is 7.52. The molecule has 2 rings (SSSR count). The van der Waals surface area contributed by atoms with Gasteiger partial charge in [0.05, 0.1) is 0 Å². The van der Waals surface area contributed by atoms with Gasteiger partial charge in [0.1, 0.15) is 5.82 Å². The van der Waals surface area contributed by atoms with Gasteiger partial charge in [-0.25, -0.2) is 4.98 Å². The lowest BCUT2D eigenvalue weighted by atomic mass is 10.1. The number of anilines is 3. The van der Waals surface area contributed by atoms with Crippen molar-refractivity contribution in [3.05, 3.63) is 66.9 Å². The zero-order valence-corrected chi connectivity index (χ0v) is 13.7. The van der Waals surface area contributed by atoms with Crippen LogP contribution in [0.4, 0.5) is 17.5 Å². The topological polar surface area (TPSA) is 84.1 Å². The molecule has 0 spiro atoms. The summed E-state index contributed by atoms with van der Waals surface area (Å²) < 4.78 is 0. The Balaban J connectivity index is 2.29. The molecule has 0 aliphatic carbocycles. The van der Waals surface area contributed by atoms with Crippen molar-refractivity contribution < 1.29 is 4.79 Å². The number of hydrogen-bond donors (Lipinski definition) is 2. The number of rotatable bonds is 8. The highest BCUT2D eigenvalue weighted by Gasteiger charge is 2.09. The van der Waals surface area contributed by atoms with Crippen molar-refractivity contribution in [1.29, 1.82) is 0 Å². The molecular formula is C18H21N5O. The second kappa shape index (κ2) is 7.92. The molecule has 3 N–H and O–H groups in total. The second-order valence-electron chi connectivity index (χ2n) is 5.24. The van der Waals surface area contributed by atoms with E-state index in [2.05, 4.69) is 28.4 Å². The van der Waals surface area contributed by atoms with Crippen molar-refractivity contribution in [3.63, 3.8) is 0 Å². The fourth-order valence-electron chi connectivity index (χ4n) is 2.19. The third kappa shape index (κ3) is 4.19. The van der Waals surface area contributed by atoms with E-state index in [4.69, 9.17) is 5.73 Å². The highest BCUT2D eigenvalue weighted by molar-refractivity contribution is 5.94. The Hall–Kier alpha value is -3.15. The average Bonchev–Trinajstić information content (AvgIpc) is 2.57. The average molecular weight is 323 g/mol. The van der Waals surface area contributed by atoms with E-state index in [0.717, 1.165) is 17.1 Å². The molecule has 0 aliphatic rings. The molecule has 124 valence electrons. The highest BCUT2D eigenvalue weighted by Crippen LogP contribution is 2.21. The predicted molar refractivity (Wildman–Crippen MR) is 97.6 cm³/mol. The summed E-state index contributed by atoms with van der Waals surface area (Å²) in [5.74, 6) is 0.724. The monoisotopic (exact) mass is 323 g/mol. The van der Waals surface area contributed by atoms with Crippen molar-refractivity contribution >= 4 is 23.4 Å². The van der Waals surface area contributed by atoms with Crippen LogP contribution in [0.2, 0.25) is 0 Å². The SMILES string of the molecule is C=CCN(CC=C)c1ccnc(Nc2cc(C(N)=O)ccc2C)n1. The van der Waals surface area contributed by atoms with Gasteiger partial charge in [-0.3, -0.25) is 4.79 Å². The van der Waals surface area contributed by atoms with Gasteiger partial charge in [-0.1, -0.05) is 18.2 Å². The van der Waals surface area contributed by atoms with E-state index in [9.17, 15) is 4.79 Å². The molecular weight excluding hydrogens is 302 g/mol. The first-order chi connectivity index (χ1) is 11.5. The minimum atomic E-state index is -0.476. The number of nitrogens with zero attached hydrogens (tertiary/aromatic N) is 3. The van der Waals surface area contributed by atoms with E-state index >= 15 is 0 Å². The largest absolute Gasteiger partial charge is 0.366 e. The molecule has 0 fully saturated rings. The van der Waals surface area contributed by atoms with Crippen molar-refractivity contribution in [2.24, 2.45) is 5.73 Å². The summed E-state index contributed by atoms with van der Waals surface area (Å²) in [6.45, 7) is 10.7. The molecule has 0 unspecified atom stereocenters. The molecule has 6 heteroatoms. The summed E-state index contributed by atoms with van der Waals surface area (Å²) in [5.41, 5.74) is 7.46. The summed E-state index contributed by atoms with van der Waals surface area (Å²) in [4.78, 5) is 22.1. The van der Waals surface area contributed by atoms with E-state index in [0.29, 0.717) is 24.6 Å². The fourth-order valence-corrected chi connectivity index (χ4v) is 2.19. The Labute approximate surface area is 141 Å². The third-order valence-electron chi connectivity index (χ3n) is 3.43. The van der Waals surface area contributed by atoms with Crippen LogP contribution in [0.25, 0.3) is 0 Å². The molecule has 1 amide bonds. The standard InChI is InChI=1S/C18H21N5O/c1-4-10-23(11-5-2)16-8-9-20-18(22-16)21-15-12-14(17(19)24)7-6-13(15)3/h4-9,12H,1-2,10-11H2,3H3,(H2,19,24)(H,20,21,22). The number of hydrogen-bond acceptors (Lipinski definition) is 5. The van der Waals surface area contributed by atoms with Crippen LogP contribution in [0.15, 0.2) is 55.8 Å². The van der Waals surface area contributed by atoms with Crippen LogP contribution in [-0.4, -0.2) is 29.0 Å². The number of nitrogens with one attached hydrogen (secondary N) is 1. The molecule has 0 bridgehead atoms. The first-order valence-electron chi connectivity index (χ1n) is 7.52. The molecule has 1 heterocycles. The van der Waals surface area contributed by atoms with Crippen LogP contribution in [-0.2, 0) is 0 Å². The number of carbonyl (C=O) groups is 1. The van der Waals surface area contributed by atoms with Gasteiger partial charge in [0.15, 0.2) is 0 Å². The lowest BCUT2D eigenvalue weighted by Crippen LogP contribution is -2.24. The smallest absolute Gasteiger partial charge is 0.248 e. The van der Waals surface area contributed by atoms with Gasteiger partial charge in [-0.05, 0) is 30.7 Å². The maximum atomic E-state index is 11.3. The molecule has 1 aromatic heterocycles. The number of benzene rings is 1. The van der Waals surface area contributed by atoms with Gasteiger partial charge < -0.3 is 16.0 Å².